The van der Waals surface area contributed by atoms with Crippen LogP contribution in [0, 0.1) is 0 Å². The minimum absolute atomic E-state index is 0.0708. The molecule has 0 aliphatic carbocycles. The minimum atomic E-state index is -1.11. The first-order valence-corrected chi connectivity index (χ1v) is 5.29. The van der Waals surface area contributed by atoms with Crippen LogP contribution in [0.2, 0.25) is 0 Å². The van der Waals surface area contributed by atoms with Crippen LogP contribution >= 0.6 is 0 Å². The maximum absolute atomic E-state index is 11.0. The topological polar surface area (TPSA) is 90.7 Å². The van der Waals surface area contributed by atoms with Crippen molar-refractivity contribution >= 4 is 17.8 Å². The van der Waals surface area contributed by atoms with E-state index in [4.69, 9.17) is 10.2 Å². The van der Waals surface area contributed by atoms with Gasteiger partial charge in [0, 0.05) is 6.54 Å². The summed E-state index contributed by atoms with van der Waals surface area (Å²) in [5.41, 5.74) is -0.0708. The number of aromatic carboxylic acids is 1. The van der Waals surface area contributed by atoms with Crippen molar-refractivity contribution in [2.24, 2.45) is 0 Å². The van der Waals surface area contributed by atoms with Gasteiger partial charge in [-0.15, -0.1) is 0 Å². The Bertz CT molecular complexity index is 461. The molecule has 1 aromatic heterocycles. The second kappa shape index (κ2) is 4.40. The number of hydrogen-bond donors (Lipinski definition) is 2. The zero-order valence-corrected chi connectivity index (χ0v) is 9.04. The van der Waals surface area contributed by atoms with Crippen LogP contribution in [0.3, 0.4) is 0 Å². The molecule has 0 amide bonds. The van der Waals surface area contributed by atoms with Crippen LogP contribution in [0.5, 0.6) is 0 Å². The molecule has 2 heterocycles. The fourth-order valence-electron chi connectivity index (χ4n) is 2.00. The first-order chi connectivity index (χ1) is 8.09. The van der Waals surface area contributed by atoms with Crippen molar-refractivity contribution in [2.45, 2.75) is 18.9 Å². The van der Waals surface area contributed by atoms with Crippen molar-refractivity contribution in [1.82, 2.24) is 4.98 Å². The first kappa shape index (κ1) is 11.4. The van der Waals surface area contributed by atoms with E-state index in [2.05, 4.69) is 4.98 Å². The Morgan fingerprint density at radius 3 is 2.76 bits per heavy atom. The van der Waals surface area contributed by atoms with Gasteiger partial charge in [0.05, 0.1) is 0 Å². The number of carbonyl (C=O) groups is 2. The molecule has 0 saturated carbocycles. The summed E-state index contributed by atoms with van der Waals surface area (Å²) in [7, 11) is 0. The van der Waals surface area contributed by atoms with Crippen molar-refractivity contribution < 1.29 is 19.8 Å². The molecule has 0 aromatic carbocycles. The minimum Gasteiger partial charge on any atom is -0.480 e. The average molecular weight is 236 g/mol. The quantitative estimate of drug-likeness (QED) is 0.807. The fraction of sp³-hybridized carbons (Fsp3) is 0.364. The highest BCUT2D eigenvalue weighted by molar-refractivity contribution is 5.86. The molecule has 0 spiro atoms. The molecule has 2 rings (SSSR count). The van der Waals surface area contributed by atoms with Gasteiger partial charge < -0.3 is 15.1 Å². The highest BCUT2D eigenvalue weighted by Crippen LogP contribution is 2.24. The molecule has 1 aliphatic heterocycles. The second-order valence-corrected chi connectivity index (χ2v) is 3.88. The van der Waals surface area contributed by atoms with E-state index in [1.54, 1.807) is 17.0 Å². The molecule has 1 fully saturated rings. The third-order valence-corrected chi connectivity index (χ3v) is 2.79. The number of aliphatic carboxylic acids is 1. The third kappa shape index (κ3) is 2.20. The number of carboxylic acids is 2. The monoisotopic (exact) mass is 236 g/mol. The molecule has 6 nitrogen and oxygen atoms in total. The highest BCUT2D eigenvalue weighted by atomic mass is 16.4. The van der Waals surface area contributed by atoms with E-state index in [1.165, 1.54) is 6.07 Å². The van der Waals surface area contributed by atoms with Crippen LogP contribution in [-0.4, -0.2) is 39.7 Å². The molecule has 1 saturated heterocycles. The Hall–Kier alpha value is -2.11. The van der Waals surface area contributed by atoms with E-state index in [1.807, 2.05) is 0 Å². The van der Waals surface area contributed by atoms with Gasteiger partial charge in [-0.1, -0.05) is 6.07 Å². The summed E-state index contributed by atoms with van der Waals surface area (Å²) in [4.78, 5) is 27.4. The smallest absolute Gasteiger partial charge is 0.354 e. The van der Waals surface area contributed by atoms with Gasteiger partial charge in [-0.2, -0.15) is 0 Å². The summed E-state index contributed by atoms with van der Waals surface area (Å²) in [6, 6.07) is 3.99. The number of rotatable bonds is 3. The molecule has 1 unspecified atom stereocenters. The van der Waals surface area contributed by atoms with E-state index in [-0.39, 0.29) is 5.69 Å². The van der Waals surface area contributed by atoms with Gasteiger partial charge in [0.2, 0.25) is 0 Å². The lowest BCUT2D eigenvalue weighted by atomic mass is 10.2. The van der Waals surface area contributed by atoms with Crippen LogP contribution in [0.15, 0.2) is 18.2 Å². The summed E-state index contributed by atoms with van der Waals surface area (Å²) in [6.45, 7) is 0.590. The van der Waals surface area contributed by atoms with Gasteiger partial charge in [0.25, 0.3) is 0 Å². The molecular weight excluding hydrogens is 224 g/mol. The number of aromatic nitrogens is 1. The third-order valence-electron chi connectivity index (χ3n) is 2.79. The number of carboxylic acid groups (broad SMARTS) is 2. The van der Waals surface area contributed by atoms with Crippen LogP contribution in [0.1, 0.15) is 23.3 Å². The lowest BCUT2D eigenvalue weighted by Crippen LogP contribution is -2.36. The van der Waals surface area contributed by atoms with Gasteiger partial charge in [-0.25, -0.2) is 14.6 Å². The van der Waals surface area contributed by atoms with Gasteiger partial charge in [-0.3, -0.25) is 0 Å². The summed E-state index contributed by atoms with van der Waals surface area (Å²) in [6.07, 6.45) is 1.34. The van der Waals surface area contributed by atoms with E-state index in [0.29, 0.717) is 18.8 Å². The Labute approximate surface area is 97.5 Å². The Kier molecular flexibility index (Phi) is 2.95. The van der Waals surface area contributed by atoms with Crippen molar-refractivity contribution in [3.8, 4) is 0 Å². The SMILES string of the molecule is O=C(O)c1cccc(N2CCCC2C(=O)O)n1. The molecule has 1 atom stereocenters. The van der Waals surface area contributed by atoms with Gasteiger partial charge >= 0.3 is 11.9 Å². The summed E-state index contributed by atoms with van der Waals surface area (Å²) < 4.78 is 0. The second-order valence-electron chi connectivity index (χ2n) is 3.88. The maximum Gasteiger partial charge on any atom is 0.354 e. The molecule has 0 radical (unpaired) electrons. The summed E-state index contributed by atoms with van der Waals surface area (Å²) >= 11 is 0. The summed E-state index contributed by atoms with van der Waals surface area (Å²) in [5.74, 6) is -1.60. The maximum atomic E-state index is 11.0. The predicted molar refractivity (Wildman–Crippen MR) is 59.2 cm³/mol. The first-order valence-electron chi connectivity index (χ1n) is 5.29. The zero-order chi connectivity index (χ0) is 12.4. The number of nitrogens with zero attached hydrogens (tertiary/aromatic N) is 2. The standard InChI is InChI=1S/C11H12N2O4/c14-10(15)7-3-1-5-9(12-7)13-6-2-4-8(13)11(16)17/h1,3,5,8H,2,4,6H2,(H,14,15)(H,16,17). The van der Waals surface area contributed by atoms with Crippen LogP contribution < -0.4 is 4.90 Å². The average Bonchev–Trinajstić information content (AvgIpc) is 2.78. The van der Waals surface area contributed by atoms with E-state index in [9.17, 15) is 9.59 Å². The molecule has 90 valence electrons. The molecule has 2 N–H and O–H groups in total. The lowest BCUT2D eigenvalue weighted by molar-refractivity contribution is -0.138. The van der Waals surface area contributed by atoms with Crippen molar-refractivity contribution in [3.05, 3.63) is 23.9 Å². The highest BCUT2D eigenvalue weighted by Gasteiger charge is 2.31. The molecule has 1 aromatic rings. The largest absolute Gasteiger partial charge is 0.480 e. The van der Waals surface area contributed by atoms with Crippen LogP contribution in [-0.2, 0) is 4.79 Å². The fourth-order valence-corrected chi connectivity index (χ4v) is 2.00. The zero-order valence-electron chi connectivity index (χ0n) is 9.04. The number of hydrogen-bond acceptors (Lipinski definition) is 4. The van der Waals surface area contributed by atoms with Crippen LogP contribution in [0.25, 0.3) is 0 Å². The van der Waals surface area contributed by atoms with Crippen LogP contribution in [0.4, 0.5) is 5.82 Å². The predicted octanol–water partition coefficient (Wildman–Crippen LogP) is 0.833. The van der Waals surface area contributed by atoms with Crippen molar-refractivity contribution in [1.29, 1.82) is 0 Å². The Balaban J connectivity index is 2.30. The molecule has 1 aliphatic rings. The summed E-state index contributed by atoms with van der Waals surface area (Å²) in [5, 5.41) is 17.9. The Morgan fingerprint density at radius 1 is 1.35 bits per heavy atom. The van der Waals surface area contributed by atoms with E-state index < -0.39 is 18.0 Å². The molecular formula is C11H12N2O4. The van der Waals surface area contributed by atoms with E-state index >= 15 is 0 Å². The number of pyridine rings is 1. The van der Waals surface area contributed by atoms with Crippen molar-refractivity contribution in [3.63, 3.8) is 0 Å². The van der Waals surface area contributed by atoms with Gasteiger partial charge in [0.1, 0.15) is 11.9 Å². The normalized spacial score (nSPS) is 19.3. The Morgan fingerprint density at radius 2 is 2.12 bits per heavy atom. The number of anilines is 1. The van der Waals surface area contributed by atoms with Gasteiger partial charge in [-0.05, 0) is 25.0 Å². The van der Waals surface area contributed by atoms with Gasteiger partial charge in [0.15, 0.2) is 5.69 Å². The lowest BCUT2D eigenvalue weighted by Gasteiger charge is -2.22. The van der Waals surface area contributed by atoms with Crippen molar-refractivity contribution in [2.75, 3.05) is 11.4 Å². The molecule has 0 bridgehead atoms. The van der Waals surface area contributed by atoms with E-state index in [0.717, 1.165) is 6.42 Å². The molecule has 17 heavy (non-hydrogen) atoms. The molecule has 6 heteroatoms.